The average molecular weight is 270 g/mol. The number of carbonyl (C=O) groups excluding carboxylic acids is 1. The van der Waals surface area contributed by atoms with Crippen LogP contribution in [0, 0.1) is 6.92 Å². The molecule has 6 heteroatoms. The Morgan fingerprint density at radius 1 is 1.61 bits per heavy atom. The Morgan fingerprint density at radius 3 is 2.89 bits per heavy atom. The minimum absolute atomic E-state index is 0.134. The third-order valence-corrected chi connectivity index (χ3v) is 3.25. The normalized spacial score (nSPS) is 20.2. The maximum Gasteiger partial charge on any atom is 0.435 e. The van der Waals surface area contributed by atoms with Gasteiger partial charge in [0.25, 0.3) is 0 Å². The monoisotopic (exact) mass is 270 g/mol. The van der Waals surface area contributed by atoms with Crippen LogP contribution in [0.3, 0.4) is 0 Å². The fourth-order valence-electron chi connectivity index (χ4n) is 1.76. The molecule has 1 atom stereocenters. The largest absolute Gasteiger partial charge is 0.442 e. The van der Waals surface area contributed by atoms with Gasteiger partial charge in [-0.05, 0) is 27.7 Å². The van der Waals surface area contributed by atoms with Crippen molar-refractivity contribution in [1.29, 1.82) is 0 Å². The summed E-state index contributed by atoms with van der Waals surface area (Å²) in [5.74, 6) is 0. The summed E-state index contributed by atoms with van der Waals surface area (Å²) < 4.78 is 5.32. The SMILES string of the molecule is Cc1nc([C@@H]2CCON2C(=O)OC(C)(C)C)cs1. The van der Waals surface area contributed by atoms with E-state index in [0.717, 1.165) is 17.1 Å². The Morgan fingerprint density at radius 2 is 2.33 bits per heavy atom. The number of aromatic nitrogens is 1. The summed E-state index contributed by atoms with van der Waals surface area (Å²) in [6.07, 6.45) is 0.304. The molecule has 1 fully saturated rings. The van der Waals surface area contributed by atoms with E-state index in [-0.39, 0.29) is 6.04 Å². The molecule has 0 aliphatic carbocycles. The number of ether oxygens (including phenoxy) is 1. The molecule has 0 aromatic carbocycles. The lowest BCUT2D eigenvalue weighted by Gasteiger charge is -2.26. The van der Waals surface area contributed by atoms with Crippen LogP contribution in [-0.2, 0) is 9.57 Å². The topological polar surface area (TPSA) is 51.7 Å². The Bertz CT molecular complexity index is 439. The van der Waals surface area contributed by atoms with Crippen LogP contribution in [0.2, 0.25) is 0 Å². The zero-order chi connectivity index (χ0) is 13.3. The van der Waals surface area contributed by atoms with Gasteiger partial charge in [0.1, 0.15) is 11.6 Å². The van der Waals surface area contributed by atoms with Crippen LogP contribution in [0.1, 0.15) is 43.9 Å². The molecule has 0 spiro atoms. The molecule has 1 amide bonds. The van der Waals surface area contributed by atoms with E-state index in [9.17, 15) is 4.79 Å². The van der Waals surface area contributed by atoms with E-state index in [4.69, 9.17) is 9.57 Å². The molecule has 100 valence electrons. The summed E-state index contributed by atoms with van der Waals surface area (Å²) in [5.41, 5.74) is 0.354. The van der Waals surface area contributed by atoms with Gasteiger partial charge in [-0.15, -0.1) is 11.3 Å². The fraction of sp³-hybridized carbons (Fsp3) is 0.667. The first-order valence-electron chi connectivity index (χ1n) is 5.94. The summed E-state index contributed by atoms with van der Waals surface area (Å²) in [5, 5.41) is 4.26. The highest BCUT2D eigenvalue weighted by molar-refractivity contribution is 7.09. The number of hydrogen-bond acceptors (Lipinski definition) is 5. The van der Waals surface area contributed by atoms with E-state index in [0.29, 0.717) is 6.61 Å². The Balaban J connectivity index is 2.10. The highest BCUT2D eigenvalue weighted by atomic mass is 32.1. The third kappa shape index (κ3) is 3.00. The zero-order valence-electron chi connectivity index (χ0n) is 11.1. The molecule has 2 rings (SSSR count). The molecule has 1 aliphatic heterocycles. The minimum atomic E-state index is -0.522. The van der Waals surface area contributed by atoms with Crippen LogP contribution in [0.5, 0.6) is 0 Å². The average Bonchev–Trinajstić information content (AvgIpc) is 2.81. The third-order valence-electron chi connectivity index (χ3n) is 2.46. The predicted molar refractivity (Wildman–Crippen MR) is 68.2 cm³/mol. The molecule has 5 nitrogen and oxygen atoms in total. The van der Waals surface area contributed by atoms with Crippen molar-refractivity contribution in [3.63, 3.8) is 0 Å². The molecule has 0 saturated carbocycles. The molecule has 18 heavy (non-hydrogen) atoms. The minimum Gasteiger partial charge on any atom is -0.442 e. The second kappa shape index (κ2) is 4.85. The molecule has 0 radical (unpaired) electrons. The first-order chi connectivity index (χ1) is 8.37. The molecule has 2 heterocycles. The number of aryl methyl sites for hydroxylation is 1. The van der Waals surface area contributed by atoms with Crippen LogP contribution in [0.25, 0.3) is 0 Å². The fourth-order valence-corrected chi connectivity index (χ4v) is 2.42. The van der Waals surface area contributed by atoms with Crippen LogP contribution in [0.4, 0.5) is 4.79 Å². The van der Waals surface area contributed by atoms with Crippen molar-refractivity contribution < 1.29 is 14.4 Å². The van der Waals surface area contributed by atoms with Gasteiger partial charge in [0.2, 0.25) is 0 Å². The predicted octanol–water partition coefficient (Wildman–Crippen LogP) is 3.07. The van der Waals surface area contributed by atoms with Gasteiger partial charge >= 0.3 is 6.09 Å². The lowest BCUT2D eigenvalue weighted by Crippen LogP contribution is -2.35. The van der Waals surface area contributed by atoms with Crippen molar-refractivity contribution in [1.82, 2.24) is 10.0 Å². The van der Waals surface area contributed by atoms with E-state index < -0.39 is 11.7 Å². The lowest BCUT2D eigenvalue weighted by atomic mass is 10.2. The zero-order valence-corrected chi connectivity index (χ0v) is 11.9. The van der Waals surface area contributed by atoms with Crippen LogP contribution in [-0.4, -0.2) is 28.3 Å². The molecule has 0 bridgehead atoms. The molecule has 0 N–H and O–H groups in total. The number of amides is 1. The number of carbonyl (C=O) groups is 1. The smallest absolute Gasteiger partial charge is 0.435 e. The number of hydrogen-bond donors (Lipinski definition) is 0. The standard InChI is InChI=1S/C12H18N2O3S/c1-8-13-9(7-18-8)10-5-6-16-14(10)11(15)17-12(2,3)4/h7,10H,5-6H2,1-4H3/t10-/m0/s1. The summed E-state index contributed by atoms with van der Waals surface area (Å²) >= 11 is 1.57. The Kier molecular flexibility index (Phi) is 3.59. The molecule has 1 aliphatic rings. The van der Waals surface area contributed by atoms with Gasteiger partial charge < -0.3 is 4.74 Å². The number of nitrogens with zero attached hydrogens (tertiary/aromatic N) is 2. The maximum atomic E-state index is 12.0. The highest BCUT2D eigenvalue weighted by Gasteiger charge is 2.36. The van der Waals surface area contributed by atoms with E-state index in [2.05, 4.69) is 4.98 Å². The van der Waals surface area contributed by atoms with E-state index in [1.165, 1.54) is 5.06 Å². The summed E-state index contributed by atoms with van der Waals surface area (Å²) in [7, 11) is 0. The number of rotatable bonds is 1. The van der Waals surface area contributed by atoms with Gasteiger partial charge in [0.15, 0.2) is 0 Å². The molecular formula is C12H18N2O3S. The second-order valence-corrected chi connectivity index (χ2v) is 6.30. The lowest BCUT2D eigenvalue weighted by molar-refractivity contribution is -0.125. The highest BCUT2D eigenvalue weighted by Crippen LogP contribution is 2.32. The summed E-state index contributed by atoms with van der Waals surface area (Å²) in [6, 6.07) is -0.134. The van der Waals surface area contributed by atoms with Gasteiger partial charge in [-0.1, -0.05) is 0 Å². The second-order valence-electron chi connectivity index (χ2n) is 5.24. The maximum absolute atomic E-state index is 12.0. The van der Waals surface area contributed by atoms with E-state index in [1.807, 2.05) is 33.1 Å². The molecule has 1 saturated heterocycles. The van der Waals surface area contributed by atoms with Crippen molar-refractivity contribution in [3.05, 3.63) is 16.1 Å². The van der Waals surface area contributed by atoms with E-state index in [1.54, 1.807) is 11.3 Å². The first kappa shape index (κ1) is 13.3. The number of thiazole rings is 1. The molecular weight excluding hydrogens is 252 g/mol. The summed E-state index contributed by atoms with van der Waals surface area (Å²) in [4.78, 5) is 21.8. The van der Waals surface area contributed by atoms with Crippen molar-refractivity contribution in [2.24, 2.45) is 0 Å². The van der Waals surface area contributed by atoms with E-state index >= 15 is 0 Å². The molecule has 0 unspecified atom stereocenters. The van der Waals surface area contributed by atoms with Gasteiger partial charge in [-0.25, -0.2) is 9.78 Å². The quantitative estimate of drug-likeness (QED) is 0.787. The van der Waals surface area contributed by atoms with Gasteiger partial charge in [0.05, 0.1) is 17.3 Å². The summed E-state index contributed by atoms with van der Waals surface area (Å²) in [6.45, 7) is 7.97. The van der Waals surface area contributed by atoms with Crippen LogP contribution >= 0.6 is 11.3 Å². The molecule has 1 aromatic heterocycles. The van der Waals surface area contributed by atoms with Crippen molar-refractivity contribution >= 4 is 17.4 Å². The van der Waals surface area contributed by atoms with Crippen LogP contribution < -0.4 is 0 Å². The number of hydroxylamine groups is 2. The van der Waals surface area contributed by atoms with Gasteiger partial charge in [-0.2, -0.15) is 5.06 Å². The Labute approximate surface area is 111 Å². The van der Waals surface area contributed by atoms with Gasteiger partial charge in [0, 0.05) is 11.8 Å². The first-order valence-corrected chi connectivity index (χ1v) is 6.82. The molecule has 1 aromatic rings. The van der Waals surface area contributed by atoms with Gasteiger partial charge in [-0.3, -0.25) is 4.84 Å². The van der Waals surface area contributed by atoms with Crippen molar-refractivity contribution in [3.8, 4) is 0 Å². The Hall–Kier alpha value is -1.14. The van der Waals surface area contributed by atoms with Crippen molar-refractivity contribution in [2.75, 3.05) is 6.61 Å². The van der Waals surface area contributed by atoms with Crippen LogP contribution in [0.15, 0.2) is 5.38 Å². The van der Waals surface area contributed by atoms with Crippen molar-refractivity contribution in [2.45, 2.75) is 45.8 Å².